The first-order chi connectivity index (χ1) is 7.56. The third-order valence-corrected chi connectivity index (χ3v) is 3.25. The van der Waals surface area contributed by atoms with Crippen LogP contribution in [0.4, 0.5) is 0 Å². The average Bonchev–Trinajstić information content (AvgIpc) is 2.21. The van der Waals surface area contributed by atoms with Crippen LogP contribution < -0.4 is 5.32 Å². The van der Waals surface area contributed by atoms with Gasteiger partial charge in [-0.1, -0.05) is 44.5 Å². The lowest BCUT2D eigenvalue weighted by atomic mass is 9.94. The summed E-state index contributed by atoms with van der Waals surface area (Å²) in [5, 5.41) is 4.40. The molecule has 1 N–H and O–H groups in total. The molecule has 1 aromatic carbocycles. The number of hydrogen-bond donors (Lipinski definition) is 1. The minimum Gasteiger partial charge on any atom is -0.310 e. The van der Waals surface area contributed by atoms with Gasteiger partial charge in [-0.25, -0.2) is 0 Å². The van der Waals surface area contributed by atoms with Gasteiger partial charge in [0.05, 0.1) is 0 Å². The van der Waals surface area contributed by atoms with Crippen LogP contribution in [0.3, 0.4) is 0 Å². The SMILES string of the molecule is CCNC(CC(C)C)c1cccc(Cl)c1C. The number of halogens is 1. The second-order valence-corrected chi connectivity index (χ2v) is 5.10. The minimum absolute atomic E-state index is 0.420. The zero-order valence-corrected chi connectivity index (χ0v) is 11.4. The highest BCUT2D eigenvalue weighted by Gasteiger charge is 2.15. The molecule has 0 heterocycles. The standard InChI is InChI=1S/C14H22ClN/c1-5-16-14(9-10(2)3)12-7-6-8-13(15)11(12)4/h6-8,10,14,16H,5,9H2,1-4H3. The third-order valence-electron chi connectivity index (χ3n) is 2.84. The third kappa shape index (κ3) is 3.50. The van der Waals surface area contributed by atoms with Gasteiger partial charge in [-0.3, -0.25) is 0 Å². The smallest absolute Gasteiger partial charge is 0.0438 e. The highest BCUT2D eigenvalue weighted by Crippen LogP contribution is 2.28. The van der Waals surface area contributed by atoms with Crippen molar-refractivity contribution in [3.05, 3.63) is 34.3 Å². The molecule has 1 aromatic rings. The molecule has 0 aliphatic rings. The average molecular weight is 240 g/mol. The molecule has 90 valence electrons. The van der Waals surface area contributed by atoms with Crippen molar-refractivity contribution >= 4 is 11.6 Å². The zero-order valence-electron chi connectivity index (χ0n) is 10.7. The summed E-state index contributed by atoms with van der Waals surface area (Å²) in [6.45, 7) is 9.74. The van der Waals surface area contributed by atoms with Crippen molar-refractivity contribution in [1.29, 1.82) is 0 Å². The van der Waals surface area contributed by atoms with E-state index < -0.39 is 0 Å². The fourth-order valence-electron chi connectivity index (χ4n) is 2.04. The van der Waals surface area contributed by atoms with Gasteiger partial charge in [0, 0.05) is 11.1 Å². The van der Waals surface area contributed by atoms with Gasteiger partial charge in [-0.05, 0) is 43.0 Å². The van der Waals surface area contributed by atoms with E-state index in [2.05, 4.69) is 39.1 Å². The lowest BCUT2D eigenvalue weighted by molar-refractivity contribution is 0.437. The molecule has 2 heteroatoms. The van der Waals surface area contributed by atoms with E-state index in [4.69, 9.17) is 11.6 Å². The van der Waals surface area contributed by atoms with Crippen molar-refractivity contribution in [3.63, 3.8) is 0 Å². The maximum Gasteiger partial charge on any atom is 0.0438 e. The topological polar surface area (TPSA) is 12.0 Å². The molecular formula is C14H22ClN. The first-order valence-corrected chi connectivity index (χ1v) is 6.42. The van der Waals surface area contributed by atoms with Crippen molar-refractivity contribution in [2.45, 2.75) is 40.2 Å². The molecule has 0 fully saturated rings. The molecule has 0 radical (unpaired) electrons. The van der Waals surface area contributed by atoms with Crippen molar-refractivity contribution < 1.29 is 0 Å². The molecule has 0 saturated heterocycles. The molecule has 0 bridgehead atoms. The van der Waals surface area contributed by atoms with Crippen LogP contribution in [0.5, 0.6) is 0 Å². The van der Waals surface area contributed by atoms with E-state index >= 15 is 0 Å². The first-order valence-electron chi connectivity index (χ1n) is 6.04. The second-order valence-electron chi connectivity index (χ2n) is 4.69. The van der Waals surface area contributed by atoms with Gasteiger partial charge < -0.3 is 5.32 Å². The number of rotatable bonds is 5. The van der Waals surface area contributed by atoms with Gasteiger partial charge in [0.15, 0.2) is 0 Å². The molecule has 1 unspecified atom stereocenters. The maximum atomic E-state index is 6.17. The molecule has 0 aliphatic heterocycles. The van der Waals surface area contributed by atoms with E-state index in [0.29, 0.717) is 12.0 Å². The van der Waals surface area contributed by atoms with Crippen LogP contribution in [0, 0.1) is 12.8 Å². The Labute approximate surface area is 104 Å². The highest BCUT2D eigenvalue weighted by molar-refractivity contribution is 6.31. The Morgan fingerprint density at radius 3 is 2.56 bits per heavy atom. The van der Waals surface area contributed by atoms with E-state index in [1.807, 2.05) is 12.1 Å². The summed E-state index contributed by atoms with van der Waals surface area (Å²) >= 11 is 6.17. The molecule has 0 amide bonds. The lowest BCUT2D eigenvalue weighted by Crippen LogP contribution is -2.23. The molecule has 0 saturated carbocycles. The predicted octanol–water partition coefficient (Wildman–Crippen LogP) is 4.35. The Hall–Kier alpha value is -0.530. The molecule has 0 aliphatic carbocycles. The van der Waals surface area contributed by atoms with E-state index in [1.54, 1.807) is 0 Å². The number of nitrogens with one attached hydrogen (secondary N) is 1. The molecule has 1 atom stereocenters. The monoisotopic (exact) mass is 239 g/mol. The number of hydrogen-bond acceptors (Lipinski definition) is 1. The minimum atomic E-state index is 0.420. The summed E-state index contributed by atoms with van der Waals surface area (Å²) in [5.74, 6) is 0.683. The molecular weight excluding hydrogens is 218 g/mol. The second kappa shape index (κ2) is 6.27. The van der Waals surface area contributed by atoms with E-state index in [9.17, 15) is 0 Å². The summed E-state index contributed by atoms with van der Waals surface area (Å²) in [6.07, 6.45) is 1.15. The summed E-state index contributed by atoms with van der Waals surface area (Å²) in [7, 11) is 0. The lowest BCUT2D eigenvalue weighted by Gasteiger charge is -2.22. The fraction of sp³-hybridized carbons (Fsp3) is 0.571. The van der Waals surface area contributed by atoms with Gasteiger partial charge in [0.25, 0.3) is 0 Å². The Balaban J connectivity index is 2.96. The van der Waals surface area contributed by atoms with Crippen LogP contribution >= 0.6 is 11.6 Å². The quantitative estimate of drug-likeness (QED) is 0.806. The molecule has 0 aromatic heterocycles. The summed E-state index contributed by atoms with van der Waals surface area (Å²) in [6, 6.07) is 6.59. The Morgan fingerprint density at radius 1 is 1.31 bits per heavy atom. The van der Waals surface area contributed by atoms with Crippen molar-refractivity contribution in [2.75, 3.05) is 6.54 Å². The normalized spacial score (nSPS) is 13.1. The summed E-state index contributed by atoms with van der Waals surface area (Å²) in [4.78, 5) is 0. The summed E-state index contributed by atoms with van der Waals surface area (Å²) in [5.41, 5.74) is 2.54. The fourth-order valence-corrected chi connectivity index (χ4v) is 2.22. The van der Waals surface area contributed by atoms with Crippen LogP contribution in [-0.4, -0.2) is 6.54 Å². The zero-order chi connectivity index (χ0) is 12.1. The van der Waals surface area contributed by atoms with Gasteiger partial charge in [-0.15, -0.1) is 0 Å². The number of benzene rings is 1. The van der Waals surface area contributed by atoms with E-state index in [-0.39, 0.29) is 0 Å². The van der Waals surface area contributed by atoms with Crippen molar-refractivity contribution in [2.24, 2.45) is 5.92 Å². The van der Waals surface area contributed by atoms with E-state index in [1.165, 1.54) is 11.1 Å². The van der Waals surface area contributed by atoms with Gasteiger partial charge >= 0.3 is 0 Å². The molecule has 1 nitrogen and oxygen atoms in total. The Kier molecular flexibility index (Phi) is 5.30. The van der Waals surface area contributed by atoms with Crippen LogP contribution in [0.2, 0.25) is 5.02 Å². The van der Waals surface area contributed by atoms with Gasteiger partial charge in [0.1, 0.15) is 0 Å². The van der Waals surface area contributed by atoms with Crippen LogP contribution in [0.25, 0.3) is 0 Å². The van der Waals surface area contributed by atoms with Crippen molar-refractivity contribution in [1.82, 2.24) is 5.32 Å². The largest absolute Gasteiger partial charge is 0.310 e. The Bertz CT molecular complexity index is 334. The molecule has 0 spiro atoms. The highest BCUT2D eigenvalue weighted by atomic mass is 35.5. The maximum absolute atomic E-state index is 6.17. The molecule has 16 heavy (non-hydrogen) atoms. The van der Waals surface area contributed by atoms with Crippen LogP contribution in [-0.2, 0) is 0 Å². The first kappa shape index (κ1) is 13.5. The van der Waals surface area contributed by atoms with Crippen LogP contribution in [0.15, 0.2) is 18.2 Å². The Morgan fingerprint density at radius 2 is 2.00 bits per heavy atom. The predicted molar refractivity (Wildman–Crippen MR) is 72.1 cm³/mol. The van der Waals surface area contributed by atoms with Gasteiger partial charge in [0.2, 0.25) is 0 Å². The van der Waals surface area contributed by atoms with Crippen molar-refractivity contribution in [3.8, 4) is 0 Å². The molecule has 1 rings (SSSR count). The van der Waals surface area contributed by atoms with Crippen LogP contribution in [0.1, 0.15) is 44.4 Å². The van der Waals surface area contributed by atoms with Gasteiger partial charge in [-0.2, -0.15) is 0 Å². The summed E-state index contributed by atoms with van der Waals surface area (Å²) < 4.78 is 0. The van der Waals surface area contributed by atoms with E-state index in [0.717, 1.165) is 18.0 Å².